The number of fused-ring (bicyclic) bond motifs is 1. The molecule has 3 rings (SSSR count). The Balaban J connectivity index is 2.03. The van der Waals surface area contributed by atoms with Crippen molar-refractivity contribution in [1.29, 1.82) is 0 Å². The number of imidazole rings is 1. The largest absolute Gasteiger partial charge is 0.366 e. The van der Waals surface area contributed by atoms with E-state index >= 15 is 0 Å². The molecule has 0 bridgehead atoms. The molecule has 3 aromatic rings. The van der Waals surface area contributed by atoms with Crippen LogP contribution in [-0.4, -0.2) is 30.1 Å². The number of benzene rings is 2. The summed E-state index contributed by atoms with van der Waals surface area (Å²) in [6, 6.07) is 14.4. The van der Waals surface area contributed by atoms with Gasteiger partial charge in [0.05, 0.1) is 11.0 Å². The number of nitrogens with two attached hydrogens (primary N) is 1. The molecule has 0 radical (unpaired) electrons. The SMILES string of the molecule is CS(=O)(=O)Cc1nc2ccccc2n1Cc1ccc(C(N)=O)cc1. The van der Waals surface area contributed by atoms with Gasteiger partial charge < -0.3 is 10.3 Å². The van der Waals surface area contributed by atoms with E-state index in [1.54, 1.807) is 24.3 Å². The second kappa shape index (κ2) is 6.09. The first kappa shape index (κ1) is 16.2. The minimum Gasteiger partial charge on any atom is -0.366 e. The summed E-state index contributed by atoms with van der Waals surface area (Å²) < 4.78 is 25.3. The average molecular weight is 343 g/mol. The smallest absolute Gasteiger partial charge is 0.248 e. The van der Waals surface area contributed by atoms with Crippen LogP contribution in [-0.2, 0) is 22.1 Å². The van der Waals surface area contributed by atoms with Crippen molar-refractivity contribution in [3.05, 3.63) is 65.5 Å². The molecule has 0 atom stereocenters. The maximum atomic E-state index is 11.7. The summed E-state index contributed by atoms with van der Waals surface area (Å²) in [6.07, 6.45) is 1.19. The summed E-state index contributed by atoms with van der Waals surface area (Å²) in [5.41, 5.74) is 8.24. The van der Waals surface area contributed by atoms with E-state index in [1.807, 2.05) is 28.8 Å². The maximum absolute atomic E-state index is 11.7. The number of para-hydroxylation sites is 2. The second-order valence-corrected chi connectivity index (χ2v) is 7.87. The van der Waals surface area contributed by atoms with E-state index in [0.29, 0.717) is 17.9 Å². The van der Waals surface area contributed by atoms with Crippen LogP contribution >= 0.6 is 0 Å². The molecule has 0 unspecified atom stereocenters. The van der Waals surface area contributed by atoms with Gasteiger partial charge in [-0.1, -0.05) is 24.3 Å². The molecular weight excluding hydrogens is 326 g/mol. The standard InChI is InChI=1S/C17H17N3O3S/c1-24(22,23)11-16-19-14-4-2-3-5-15(14)20(16)10-12-6-8-13(9-7-12)17(18)21/h2-9H,10-11H2,1H3,(H2,18,21). The Hall–Kier alpha value is -2.67. The van der Waals surface area contributed by atoms with E-state index in [1.165, 1.54) is 6.26 Å². The summed E-state index contributed by atoms with van der Waals surface area (Å²) in [4.78, 5) is 15.6. The zero-order chi connectivity index (χ0) is 17.3. The van der Waals surface area contributed by atoms with Gasteiger partial charge in [-0.15, -0.1) is 0 Å². The number of hydrogen-bond acceptors (Lipinski definition) is 4. The van der Waals surface area contributed by atoms with Crippen LogP contribution in [0, 0.1) is 0 Å². The van der Waals surface area contributed by atoms with E-state index < -0.39 is 15.7 Å². The monoisotopic (exact) mass is 343 g/mol. The van der Waals surface area contributed by atoms with Gasteiger partial charge in [0.2, 0.25) is 5.91 Å². The lowest BCUT2D eigenvalue weighted by molar-refractivity contribution is 0.100. The molecule has 6 nitrogen and oxygen atoms in total. The predicted octanol–water partition coefficient (Wildman–Crippen LogP) is 1.73. The topological polar surface area (TPSA) is 95.1 Å². The van der Waals surface area contributed by atoms with Crippen LogP contribution in [0.25, 0.3) is 11.0 Å². The van der Waals surface area contributed by atoms with Crippen molar-refractivity contribution < 1.29 is 13.2 Å². The van der Waals surface area contributed by atoms with Gasteiger partial charge >= 0.3 is 0 Å². The Labute approximate surface area is 139 Å². The van der Waals surface area contributed by atoms with Crippen molar-refractivity contribution in [2.75, 3.05) is 6.26 Å². The summed E-state index contributed by atoms with van der Waals surface area (Å²) in [7, 11) is -3.20. The van der Waals surface area contributed by atoms with Crippen molar-refractivity contribution in [3.63, 3.8) is 0 Å². The Morgan fingerprint density at radius 1 is 1.12 bits per heavy atom. The molecule has 1 amide bonds. The van der Waals surface area contributed by atoms with Crippen LogP contribution in [0.3, 0.4) is 0 Å². The van der Waals surface area contributed by atoms with E-state index in [4.69, 9.17) is 5.73 Å². The van der Waals surface area contributed by atoms with Crippen molar-refractivity contribution in [3.8, 4) is 0 Å². The van der Waals surface area contributed by atoms with Gasteiger partial charge in [0.1, 0.15) is 11.6 Å². The number of sulfone groups is 1. The summed E-state index contributed by atoms with van der Waals surface area (Å²) in [5, 5.41) is 0. The van der Waals surface area contributed by atoms with Crippen LogP contribution in [0.4, 0.5) is 0 Å². The van der Waals surface area contributed by atoms with Crippen LogP contribution in [0.5, 0.6) is 0 Å². The van der Waals surface area contributed by atoms with E-state index in [2.05, 4.69) is 4.98 Å². The van der Waals surface area contributed by atoms with E-state index in [9.17, 15) is 13.2 Å². The number of amides is 1. The minimum absolute atomic E-state index is 0.124. The summed E-state index contributed by atoms with van der Waals surface area (Å²) in [6.45, 7) is 0.463. The van der Waals surface area contributed by atoms with Crippen LogP contribution < -0.4 is 5.73 Å². The maximum Gasteiger partial charge on any atom is 0.248 e. The summed E-state index contributed by atoms with van der Waals surface area (Å²) >= 11 is 0. The quantitative estimate of drug-likeness (QED) is 0.763. The molecule has 0 aliphatic heterocycles. The minimum atomic E-state index is -3.20. The van der Waals surface area contributed by atoms with Crippen molar-refractivity contribution in [2.24, 2.45) is 5.73 Å². The Kier molecular flexibility index (Phi) is 4.11. The lowest BCUT2D eigenvalue weighted by Crippen LogP contribution is -2.12. The van der Waals surface area contributed by atoms with Crippen LogP contribution in [0.15, 0.2) is 48.5 Å². The highest BCUT2D eigenvalue weighted by atomic mass is 32.2. The third-order valence-corrected chi connectivity index (χ3v) is 4.49. The molecule has 0 aliphatic carbocycles. The first-order chi connectivity index (χ1) is 11.3. The van der Waals surface area contributed by atoms with Crippen molar-refractivity contribution >= 4 is 26.8 Å². The predicted molar refractivity (Wildman–Crippen MR) is 92.3 cm³/mol. The molecule has 2 aromatic carbocycles. The molecule has 24 heavy (non-hydrogen) atoms. The lowest BCUT2D eigenvalue weighted by atomic mass is 10.1. The molecular formula is C17H17N3O3S. The van der Waals surface area contributed by atoms with Crippen LogP contribution in [0.1, 0.15) is 21.7 Å². The Bertz CT molecular complexity index is 1010. The van der Waals surface area contributed by atoms with Gasteiger partial charge in [0.25, 0.3) is 0 Å². The van der Waals surface area contributed by atoms with E-state index in [-0.39, 0.29) is 5.75 Å². The van der Waals surface area contributed by atoms with Gasteiger partial charge in [-0.05, 0) is 29.8 Å². The molecule has 7 heteroatoms. The summed E-state index contributed by atoms with van der Waals surface area (Å²) in [5.74, 6) is -0.105. The number of aromatic nitrogens is 2. The Morgan fingerprint density at radius 3 is 2.42 bits per heavy atom. The number of hydrogen-bond donors (Lipinski definition) is 1. The molecule has 0 aliphatic rings. The molecule has 0 fully saturated rings. The number of carbonyl (C=O) groups is 1. The normalized spacial score (nSPS) is 11.7. The van der Waals surface area contributed by atoms with Crippen molar-refractivity contribution in [1.82, 2.24) is 9.55 Å². The highest BCUT2D eigenvalue weighted by Gasteiger charge is 2.15. The zero-order valence-electron chi connectivity index (χ0n) is 13.1. The first-order valence-electron chi connectivity index (χ1n) is 7.34. The Morgan fingerprint density at radius 2 is 1.79 bits per heavy atom. The second-order valence-electron chi connectivity index (χ2n) is 5.73. The van der Waals surface area contributed by atoms with Gasteiger partial charge in [0.15, 0.2) is 9.84 Å². The van der Waals surface area contributed by atoms with Gasteiger partial charge in [0, 0.05) is 18.4 Å². The molecule has 2 N–H and O–H groups in total. The molecule has 124 valence electrons. The zero-order valence-corrected chi connectivity index (χ0v) is 14.0. The van der Waals surface area contributed by atoms with Crippen molar-refractivity contribution in [2.45, 2.75) is 12.3 Å². The number of rotatable bonds is 5. The number of primary amides is 1. The van der Waals surface area contributed by atoms with E-state index in [0.717, 1.165) is 16.6 Å². The fourth-order valence-corrected chi connectivity index (χ4v) is 3.29. The third-order valence-electron chi connectivity index (χ3n) is 3.70. The van der Waals surface area contributed by atoms with Gasteiger partial charge in [-0.25, -0.2) is 13.4 Å². The molecule has 0 spiro atoms. The fraction of sp³-hybridized carbons (Fsp3) is 0.176. The molecule has 1 aromatic heterocycles. The fourth-order valence-electron chi connectivity index (χ4n) is 2.60. The van der Waals surface area contributed by atoms with Crippen LogP contribution in [0.2, 0.25) is 0 Å². The van der Waals surface area contributed by atoms with Gasteiger partial charge in [-0.2, -0.15) is 0 Å². The van der Waals surface area contributed by atoms with Gasteiger partial charge in [-0.3, -0.25) is 4.79 Å². The molecule has 0 saturated heterocycles. The lowest BCUT2D eigenvalue weighted by Gasteiger charge is -2.09. The highest BCUT2D eigenvalue weighted by Crippen LogP contribution is 2.19. The third kappa shape index (κ3) is 3.46. The first-order valence-corrected chi connectivity index (χ1v) is 9.40. The molecule has 0 saturated carbocycles. The number of nitrogens with zero attached hydrogens (tertiary/aromatic N) is 2. The highest BCUT2D eigenvalue weighted by molar-refractivity contribution is 7.89. The average Bonchev–Trinajstić information content (AvgIpc) is 2.83. The molecule has 1 heterocycles. The number of carbonyl (C=O) groups excluding carboxylic acids is 1.